The molecule has 0 aliphatic heterocycles. The number of hydrogen-bond donors (Lipinski definition) is 1. The number of benzene rings is 1. The molecule has 0 spiro atoms. The fourth-order valence-electron chi connectivity index (χ4n) is 0.780. The quantitative estimate of drug-likeness (QED) is 0.525. The van der Waals surface area contributed by atoms with Crippen LogP contribution in [0.3, 0.4) is 0 Å². The van der Waals surface area contributed by atoms with Gasteiger partial charge in [-0.25, -0.2) is 4.79 Å². The van der Waals surface area contributed by atoms with Crippen molar-refractivity contribution in [3.63, 3.8) is 0 Å². The second-order valence-electron chi connectivity index (χ2n) is 2.33. The first-order valence-corrected chi connectivity index (χ1v) is 3.31. The molecule has 0 aliphatic carbocycles. The van der Waals surface area contributed by atoms with E-state index in [9.17, 15) is 9.59 Å². The summed E-state index contributed by atoms with van der Waals surface area (Å²) in [6.07, 6.45) is 0. The average Bonchev–Trinajstić information content (AvgIpc) is 2.04. The number of ketones is 1. The molecule has 1 aromatic rings. The van der Waals surface area contributed by atoms with Gasteiger partial charge in [-0.05, 0) is 12.5 Å². The summed E-state index contributed by atoms with van der Waals surface area (Å²) in [5, 5.41) is 8.34. The zero-order valence-electron chi connectivity index (χ0n) is 6.28. The van der Waals surface area contributed by atoms with E-state index in [1.54, 1.807) is 12.1 Å². The summed E-state index contributed by atoms with van der Waals surface area (Å²) in [5.41, 5.74) is 0.923. The minimum atomic E-state index is -1.44. The number of carboxylic acids is 1. The topological polar surface area (TPSA) is 54.4 Å². The predicted molar refractivity (Wildman–Crippen MR) is 42.9 cm³/mol. The van der Waals surface area contributed by atoms with Crippen molar-refractivity contribution >= 4 is 11.8 Å². The van der Waals surface area contributed by atoms with Gasteiger partial charge in [0, 0.05) is 5.56 Å². The summed E-state index contributed by atoms with van der Waals surface area (Å²) in [6.45, 7) is 3.61. The maximum atomic E-state index is 10.8. The monoisotopic (exact) mass is 163 g/mol. The lowest BCUT2D eigenvalue weighted by Crippen LogP contribution is -2.12. The number of carbonyl (C=O) groups excluding carboxylic acids is 1. The molecule has 0 saturated heterocycles. The predicted octanol–water partition coefficient (Wildman–Crippen LogP) is 1.14. The van der Waals surface area contributed by atoms with Gasteiger partial charge in [-0.2, -0.15) is 0 Å². The standard InChI is InChI=1S/C9H7O3/c1-6-2-4-7(5-3-6)8(10)9(11)12/h2-5H,1H2,(H,11,12). The van der Waals surface area contributed by atoms with Crippen molar-refractivity contribution in [1.29, 1.82) is 0 Å². The van der Waals surface area contributed by atoms with Crippen LogP contribution in [0, 0.1) is 6.92 Å². The van der Waals surface area contributed by atoms with Crippen LogP contribution in [0.25, 0.3) is 0 Å². The number of carbonyl (C=O) groups is 2. The van der Waals surface area contributed by atoms with Gasteiger partial charge in [-0.3, -0.25) is 4.79 Å². The summed E-state index contributed by atoms with van der Waals surface area (Å²) in [7, 11) is 0. The molecule has 0 aliphatic rings. The molecule has 0 saturated carbocycles. The van der Waals surface area contributed by atoms with Gasteiger partial charge in [0.25, 0.3) is 5.78 Å². The van der Waals surface area contributed by atoms with E-state index >= 15 is 0 Å². The van der Waals surface area contributed by atoms with E-state index in [2.05, 4.69) is 6.92 Å². The van der Waals surface area contributed by atoms with Gasteiger partial charge in [-0.1, -0.05) is 24.3 Å². The van der Waals surface area contributed by atoms with Crippen LogP contribution in [-0.2, 0) is 4.79 Å². The van der Waals surface area contributed by atoms with Crippen LogP contribution >= 0.6 is 0 Å². The zero-order chi connectivity index (χ0) is 9.14. The Morgan fingerprint density at radius 2 is 1.67 bits per heavy atom. The van der Waals surface area contributed by atoms with Crippen molar-refractivity contribution in [2.24, 2.45) is 0 Å². The van der Waals surface area contributed by atoms with Crippen molar-refractivity contribution in [3.05, 3.63) is 42.3 Å². The van der Waals surface area contributed by atoms with Crippen LogP contribution in [0.4, 0.5) is 0 Å². The highest BCUT2D eigenvalue weighted by Gasteiger charge is 2.12. The third-order valence-electron chi connectivity index (χ3n) is 1.41. The Morgan fingerprint density at radius 1 is 1.17 bits per heavy atom. The first-order chi connectivity index (χ1) is 5.61. The maximum Gasteiger partial charge on any atom is 0.377 e. The Morgan fingerprint density at radius 3 is 2.08 bits per heavy atom. The van der Waals surface area contributed by atoms with E-state index in [1.807, 2.05) is 0 Å². The van der Waals surface area contributed by atoms with Crippen LogP contribution in [-0.4, -0.2) is 16.9 Å². The number of rotatable bonds is 2. The molecule has 1 aromatic carbocycles. The van der Waals surface area contributed by atoms with Crippen molar-refractivity contribution in [1.82, 2.24) is 0 Å². The smallest absolute Gasteiger partial charge is 0.377 e. The Bertz CT molecular complexity index is 311. The lowest BCUT2D eigenvalue weighted by molar-refractivity contribution is -0.131. The molecule has 0 aromatic heterocycles. The molecule has 0 amide bonds. The molecule has 3 nitrogen and oxygen atoms in total. The zero-order valence-corrected chi connectivity index (χ0v) is 6.28. The molecule has 61 valence electrons. The van der Waals surface area contributed by atoms with Crippen molar-refractivity contribution in [3.8, 4) is 0 Å². The highest BCUT2D eigenvalue weighted by molar-refractivity contribution is 6.39. The largest absolute Gasteiger partial charge is 0.475 e. The highest BCUT2D eigenvalue weighted by atomic mass is 16.4. The van der Waals surface area contributed by atoms with Gasteiger partial charge in [0.05, 0.1) is 0 Å². The Hall–Kier alpha value is -1.64. The van der Waals surface area contributed by atoms with Gasteiger partial charge >= 0.3 is 5.97 Å². The second kappa shape index (κ2) is 3.17. The van der Waals surface area contributed by atoms with E-state index in [0.29, 0.717) is 0 Å². The normalized spacial score (nSPS) is 9.42. The lowest BCUT2D eigenvalue weighted by atomic mass is 10.1. The summed E-state index contributed by atoms with van der Waals surface area (Å²) in [4.78, 5) is 21.1. The third kappa shape index (κ3) is 1.69. The molecule has 0 bridgehead atoms. The van der Waals surface area contributed by atoms with Crippen LogP contribution in [0.5, 0.6) is 0 Å². The van der Waals surface area contributed by atoms with Crippen molar-refractivity contribution < 1.29 is 14.7 Å². The minimum Gasteiger partial charge on any atom is -0.475 e. The van der Waals surface area contributed by atoms with E-state index in [4.69, 9.17) is 5.11 Å². The molecule has 0 atom stereocenters. The molecular formula is C9H7O3. The molecule has 0 heterocycles. The SMILES string of the molecule is [CH2]c1ccc(C(=O)C(=O)O)cc1. The third-order valence-corrected chi connectivity index (χ3v) is 1.41. The summed E-state index contributed by atoms with van der Waals surface area (Å²) in [5.74, 6) is -2.33. The highest BCUT2D eigenvalue weighted by Crippen LogP contribution is 2.03. The van der Waals surface area contributed by atoms with E-state index < -0.39 is 11.8 Å². The Kier molecular flexibility index (Phi) is 2.24. The number of Topliss-reactive ketones (excluding diaryl/α,β-unsaturated/α-hetero) is 1. The molecule has 1 rings (SSSR count). The number of carboxylic acid groups (broad SMARTS) is 1. The maximum absolute atomic E-state index is 10.8. The molecule has 12 heavy (non-hydrogen) atoms. The minimum absolute atomic E-state index is 0.176. The van der Waals surface area contributed by atoms with Crippen LogP contribution in [0.2, 0.25) is 0 Å². The fourth-order valence-corrected chi connectivity index (χ4v) is 0.780. The van der Waals surface area contributed by atoms with Crippen molar-refractivity contribution in [2.75, 3.05) is 0 Å². The number of hydrogen-bond acceptors (Lipinski definition) is 2. The molecule has 0 fully saturated rings. The van der Waals surface area contributed by atoms with Crippen LogP contribution in [0.15, 0.2) is 24.3 Å². The van der Waals surface area contributed by atoms with Gasteiger partial charge in [0.15, 0.2) is 0 Å². The van der Waals surface area contributed by atoms with E-state index in [1.165, 1.54) is 12.1 Å². The Labute approximate surface area is 69.6 Å². The average molecular weight is 163 g/mol. The molecule has 1 radical (unpaired) electrons. The van der Waals surface area contributed by atoms with E-state index in [0.717, 1.165) is 5.56 Å². The summed E-state index contributed by atoms with van der Waals surface area (Å²) < 4.78 is 0. The summed E-state index contributed by atoms with van der Waals surface area (Å²) >= 11 is 0. The molecular weight excluding hydrogens is 156 g/mol. The van der Waals surface area contributed by atoms with Crippen molar-refractivity contribution in [2.45, 2.75) is 0 Å². The first-order valence-electron chi connectivity index (χ1n) is 3.31. The second-order valence-corrected chi connectivity index (χ2v) is 2.33. The van der Waals surface area contributed by atoms with Crippen LogP contribution in [0.1, 0.15) is 15.9 Å². The fraction of sp³-hybridized carbons (Fsp3) is 0. The van der Waals surface area contributed by atoms with Gasteiger partial charge in [0.1, 0.15) is 0 Å². The molecule has 3 heteroatoms. The van der Waals surface area contributed by atoms with Gasteiger partial charge < -0.3 is 5.11 Å². The molecule has 1 N–H and O–H groups in total. The summed E-state index contributed by atoms with van der Waals surface area (Å²) in [6, 6.07) is 6.07. The van der Waals surface area contributed by atoms with Crippen LogP contribution < -0.4 is 0 Å². The lowest BCUT2D eigenvalue weighted by Gasteiger charge is -1.95. The first kappa shape index (κ1) is 8.46. The number of aliphatic carboxylic acids is 1. The van der Waals surface area contributed by atoms with Gasteiger partial charge in [-0.15, -0.1) is 0 Å². The van der Waals surface area contributed by atoms with E-state index in [-0.39, 0.29) is 5.56 Å². The Balaban J connectivity index is 2.98. The van der Waals surface area contributed by atoms with Gasteiger partial charge in [0.2, 0.25) is 0 Å². The molecule has 0 unspecified atom stereocenters.